The summed E-state index contributed by atoms with van der Waals surface area (Å²) in [5.74, 6) is 1.21. The van der Waals surface area contributed by atoms with Gasteiger partial charge in [-0.25, -0.2) is 4.98 Å². The molecule has 2 aliphatic rings. The second-order valence-electron chi connectivity index (χ2n) is 6.04. The van der Waals surface area contributed by atoms with Crippen molar-refractivity contribution in [3.63, 3.8) is 0 Å². The molecule has 20 heavy (non-hydrogen) atoms. The zero-order valence-electron chi connectivity index (χ0n) is 12.0. The molecule has 6 heteroatoms. The third-order valence-corrected chi connectivity index (χ3v) is 4.34. The number of aryl methyl sites for hydroxylation is 1. The van der Waals surface area contributed by atoms with Crippen LogP contribution in [0.5, 0.6) is 0 Å². The van der Waals surface area contributed by atoms with Crippen molar-refractivity contribution in [3.05, 3.63) is 28.4 Å². The minimum Gasteiger partial charge on any atom is -0.340 e. The molecule has 0 aliphatic carbocycles. The summed E-state index contributed by atoms with van der Waals surface area (Å²) in [6, 6.07) is 1.46. The summed E-state index contributed by atoms with van der Waals surface area (Å²) in [4.78, 5) is 32.4. The van der Waals surface area contributed by atoms with E-state index in [1.807, 2.05) is 4.90 Å². The molecule has 2 unspecified atom stereocenters. The number of carbonyl (C=O) groups excluding carboxylic acids is 1. The van der Waals surface area contributed by atoms with Gasteiger partial charge in [-0.05, 0) is 25.8 Å². The van der Waals surface area contributed by atoms with Crippen LogP contribution >= 0.6 is 0 Å². The molecule has 2 atom stereocenters. The lowest BCUT2D eigenvalue weighted by Crippen LogP contribution is -2.37. The lowest BCUT2D eigenvalue weighted by atomic mass is 10.0. The van der Waals surface area contributed by atoms with Gasteiger partial charge in [0.25, 0.3) is 5.56 Å². The zero-order valence-corrected chi connectivity index (χ0v) is 12.0. The highest BCUT2D eigenvalue weighted by molar-refractivity contribution is 5.76. The Bertz CT molecular complexity index is 569. The van der Waals surface area contributed by atoms with Crippen molar-refractivity contribution in [1.82, 2.24) is 19.4 Å². The molecule has 0 N–H and O–H groups in total. The number of hydrogen-bond donors (Lipinski definition) is 0. The molecule has 0 radical (unpaired) electrons. The summed E-state index contributed by atoms with van der Waals surface area (Å²) in [6.45, 7) is 5.65. The second kappa shape index (κ2) is 5.01. The number of nitrogens with zero attached hydrogens (tertiary/aromatic N) is 4. The Labute approximate surface area is 118 Å². The zero-order chi connectivity index (χ0) is 14.3. The highest BCUT2D eigenvalue weighted by atomic mass is 16.2. The largest absolute Gasteiger partial charge is 0.340 e. The predicted molar refractivity (Wildman–Crippen MR) is 74.3 cm³/mol. The molecule has 0 spiro atoms. The Morgan fingerprint density at radius 2 is 1.95 bits per heavy atom. The average molecular weight is 276 g/mol. The first-order chi connectivity index (χ1) is 9.52. The van der Waals surface area contributed by atoms with Gasteiger partial charge in [0.1, 0.15) is 6.54 Å². The van der Waals surface area contributed by atoms with E-state index >= 15 is 0 Å². The van der Waals surface area contributed by atoms with Gasteiger partial charge in [-0.15, -0.1) is 0 Å². The number of likely N-dealkylation sites (tertiary alicyclic amines) is 2. The molecule has 108 valence electrons. The fraction of sp³-hybridized carbons (Fsp3) is 0.643. The van der Waals surface area contributed by atoms with E-state index in [9.17, 15) is 9.59 Å². The summed E-state index contributed by atoms with van der Waals surface area (Å²) < 4.78 is 1.38. The first kappa shape index (κ1) is 13.3. The number of rotatable bonds is 2. The minimum absolute atomic E-state index is 0.0230. The van der Waals surface area contributed by atoms with Crippen LogP contribution in [0.3, 0.4) is 0 Å². The molecule has 1 aromatic rings. The van der Waals surface area contributed by atoms with Crippen LogP contribution in [0, 0.1) is 18.8 Å². The lowest BCUT2D eigenvalue weighted by Gasteiger charge is -2.19. The van der Waals surface area contributed by atoms with E-state index < -0.39 is 0 Å². The number of aromatic nitrogens is 2. The highest BCUT2D eigenvalue weighted by Gasteiger charge is 2.40. The highest BCUT2D eigenvalue weighted by Crippen LogP contribution is 2.30. The molecular weight excluding hydrogens is 256 g/mol. The number of carbonyl (C=O) groups is 1. The first-order valence-electron chi connectivity index (χ1n) is 7.02. The predicted octanol–water partition coefficient (Wildman–Crippen LogP) is -0.428. The van der Waals surface area contributed by atoms with Crippen molar-refractivity contribution in [3.8, 4) is 0 Å². The van der Waals surface area contributed by atoms with Gasteiger partial charge in [0.05, 0.1) is 6.33 Å². The Balaban J connectivity index is 1.65. The Morgan fingerprint density at radius 3 is 2.55 bits per heavy atom. The molecule has 6 nitrogen and oxygen atoms in total. The number of fused-ring (bicyclic) bond motifs is 1. The molecular formula is C14H20N4O2. The molecule has 0 bridgehead atoms. The van der Waals surface area contributed by atoms with E-state index in [4.69, 9.17) is 0 Å². The monoisotopic (exact) mass is 276 g/mol. The maximum Gasteiger partial charge on any atom is 0.253 e. The van der Waals surface area contributed by atoms with Crippen molar-refractivity contribution in [2.45, 2.75) is 13.5 Å². The third-order valence-electron chi connectivity index (χ3n) is 4.34. The Hall–Kier alpha value is -1.69. The number of amides is 1. The van der Waals surface area contributed by atoms with Crippen molar-refractivity contribution >= 4 is 5.91 Å². The summed E-state index contributed by atoms with van der Waals surface area (Å²) >= 11 is 0. The van der Waals surface area contributed by atoms with Crippen LogP contribution in [0.1, 0.15) is 5.69 Å². The second-order valence-corrected chi connectivity index (χ2v) is 6.04. The van der Waals surface area contributed by atoms with Crippen LogP contribution in [-0.2, 0) is 11.3 Å². The van der Waals surface area contributed by atoms with Gasteiger partial charge < -0.3 is 9.80 Å². The molecule has 2 fully saturated rings. The number of hydrogen-bond acceptors (Lipinski definition) is 4. The van der Waals surface area contributed by atoms with Crippen LogP contribution < -0.4 is 5.56 Å². The van der Waals surface area contributed by atoms with E-state index in [0.717, 1.165) is 26.2 Å². The SMILES string of the molecule is Cc1cc(=O)n(CC(=O)N2CC3CN(C)CC3C2)cn1. The summed E-state index contributed by atoms with van der Waals surface area (Å²) in [5.41, 5.74) is 0.516. The standard InChI is InChI=1S/C14H20N4O2/c1-10-3-13(19)18(9-15-10)8-14(20)17-6-11-4-16(2)5-12(11)7-17/h3,9,11-12H,4-8H2,1-2H3. The molecule has 3 heterocycles. The minimum atomic E-state index is -0.162. The molecule has 1 aromatic heterocycles. The van der Waals surface area contributed by atoms with Gasteiger partial charge >= 0.3 is 0 Å². The van der Waals surface area contributed by atoms with Crippen LogP contribution in [0.2, 0.25) is 0 Å². The van der Waals surface area contributed by atoms with Gasteiger partial charge in [-0.3, -0.25) is 14.2 Å². The van der Waals surface area contributed by atoms with E-state index in [0.29, 0.717) is 17.5 Å². The maximum atomic E-state index is 12.3. The quantitative estimate of drug-likeness (QED) is 0.735. The summed E-state index contributed by atoms with van der Waals surface area (Å²) in [7, 11) is 2.13. The first-order valence-corrected chi connectivity index (χ1v) is 7.02. The normalized spacial score (nSPS) is 26.0. The van der Waals surface area contributed by atoms with Crippen molar-refractivity contribution in [2.24, 2.45) is 11.8 Å². The van der Waals surface area contributed by atoms with Crippen LogP contribution in [0.4, 0.5) is 0 Å². The van der Waals surface area contributed by atoms with Crippen LogP contribution in [0.15, 0.2) is 17.2 Å². The summed E-state index contributed by atoms with van der Waals surface area (Å²) in [6.07, 6.45) is 1.46. The topological polar surface area (TPSA) is 58.4 Å². The maximum absolute atomic E-state index is 12.3. The molecule has 2 aliphatic heterocycles. The van der Waals surface area contributed by atoms with E-state index in [1.165, 1.54) is 17.0 Å². The van der Waals surface area contributed by atoms with Crippen molar-refractivity contribution < 1.29 is 4.79 Å². The van der Waals surface area contributed by atoms with Gasteiger partial charge in [-0.2, -0.15) is 0 Å². The molecule has 3 rings (SSSR count). The summed E-state index contributed by atoms with van der Waals surface area (Å²) in [5, 5.41) is 0. The third kappa shape index (κ3) is 2.47. The van der Waals surface area contributed by atoms with Gasteiger partial charge in [0.2, 0.25) is 5.91 Å². The average Bonchev–Trinajstić information content (AvgIpc) is 2.89. The van der Waals surface area contributed by atoms with Gasteiger partial charge in [0.15, 0.2) is 0 Å². The van der Waals surface area contributed by atoms with E-state index in [2.05, 4.69) is 16.9 Å². The molecule has 0 aromatic carbocycles. The molecule has 2 saturated heterocycles. The van der Waals surface area contributed by atoms with E-state index in [-0.39, 0.29) is 18.0 Å². The fourth-order valence-electron chi connectivity index (χ4n) is 3.31. The van der Waals surface area contributed by atoms with Crippen molar-refractivity contribution in [1.29, 1.82) is 0 Å². The molecule has 0 saturated carbocycles. The smallest absolute Gasteiger partial charge is 0.253 e. The fourth-order valence-corrected chi connectivity index (χ4v) is 3.31. The Morgan fingerprint density at radius 1 is 1.30 bits per heavy atom. The van der Waals surface area contributed by atoms with E-state index in [1.54, 1.807) is 6.92 Å². The van der Waals surface area contributed by atoms with Gasteiger partial charge in [0, 0.05) is 37.9 Å². The van der Waals surface area contributed by atoms with Gasteiger partial charge in [-0.1, -0.05) is 0 Å². The van der Waals surface area contributed by atoms with Crippen molar-refractivity contribution in [2.75, 3.05) is 33.2 Å². The lowest BCUT2D eigenvalue weighted by molar-refractivity contribution is -0.131. The molecule has 1 amide bonds. The van der Waals surface area contributed by atoms with Crippen LogP contribution in [-0.4, -0.2) is 58.5 Å². The Kier molecular flexibility index (Phi) is 3.33. The van der Waals surface area contributed by atoms with Crippen LogP contribution in [0.25, 0.3) is 0 Å².